The van der Waals surface area contributed by atoms with E-state index in [9.17, 15) is 23.1 Å². The van der Waals surface area contributed by atoms with E-state index in [0.29, 0.717) is 0 Å². The van der Waals surface area contributed by atoms with Crippen LogP contribution in [-0.4, -0.2) is 36.3 Å². The van der Waals surface area contributed by atoms with Crippen LogP contribution in [0.25, 0.3) is 5.57 Å². The number of amides is 1. The average molecular weight is 445 g/mol. The molecule has 164 valence electrons. The quantitative estimate of drug-likeness (QED) is 0.575. The zero-order valence-corrected chi connectivity index (χ0v) is 17.9. The second-order valence-electron chi connectivity index (χ2n) is 7.57. The Balaban J connectivity index is 1.98. The number of carboxylic acids is 1. The molecule has 1 aromatic heterocycles. The number of rotatable bonds is 8. The van der Waals surface area contributed by atoms with Gasteiger partial charge < -0.3 is 14.8 Å². The van der Waals surface area contributed by atoms with Crippen LogP contribution in [0.15, 0.2) is 71.4 Å². The third kappa shape index (κ3) is 4.78. The number of furan rings is 1. The molecule has 0 fully saturated rings. The lowest BCUT2D eigenvalue weighted by atomic mass is 9.96. The first-order valence-corrected chi connectivity index (χ1v) is 11.2. The molecule has 3 N–H and O–H groups in total. The van der Waals surface area contributed by atoms with Crippen molar-refractivity contribution in [1.29, 1.82) is 0 Å². The van der Waals surface area contributed by atoms with Crippen molar-refractivity contribution in [3.05, 3.63) is 78.3 Å². The Bertz CT molecular complexity index is 1100. The van der Waals surface area contributed by atoms with E-state index < -0.39 is 38.7 Å². The van der Waals surface area contributed by atoms with Gasteiger partial charge in [0, 0.05) is 6.42 Å². The maximum absolute atomic E-state index is 13.4. The van der Waals surface area contributed by atoms with Crippen LogP contribution in [0.3, 0.4) is 0 Å². The first-order chi connectivity index (χ1) is 14.7. The fourth-order valence-corrected chi connectivity index (χ4v) is 4.93. The molecule has 0 spiro atoms. The highest BCUT2D eigenvalue weighted by Crippen LogP contribution is 2.31. The molecular weight excluding hydrogens is 420 g/mol. The Hall–Kier alpha value is -3.17. The number of hydrogen-bond donors (Lipinski definition) is 3. The number of allylic oxidation sites excluding steroid dienone is 2. The minimum absolute atomic E-state index is 0.0561. The van der Waals surface area contributed by atoms with E-state index in [2.05, 4.69) is 10.0 Å². The van der Waals surface area contributed by atoms with Crippen molar-refractivity contribution in [2.45, 2.75) is 31.2 Å². The van der Waals surface area contributed by atoms with Crippen molar-refractivity contribution in [2.24, 2.45) is 5.92 Å². The highest BCUT2D eigenvalue weighted by atomic mass is 32.2. The molecule has 8 nitrogen and oxygen atoms in total. The number of benzene rings is 1. The van der Waals surface area contributed by atoms with Crippen molar-refractivity contribution in [2.75, 3.05) is 0 Å². The summed E-state index contributed by atoms with van der Waals surface area (Å²) in [5.41, 5.74) is 1.68. The molecule has 3 rings (SSSR count). The molecule has 1 heterocycles. The number of nitrogens with one attached hydrogen (secondary N) is 2. The fraction of sp³-hybridized carbons (Fsp3) is 0.273. The van der Waals surface area contributed by atoms with Crippen molar-refractivity contribution < 1.29 is 27.5 Å². The molecule has 0 radical (unpaired) electrons. The van der Waals surface area contributed by atoms with Gasteiger partial charge in [-0.2, -0.15) is 4.72 Å². The topological polar surface area (TPSA) is 126 Å². The Morgan fingerprint density at radius 1 is 1.13 bits per heavy atom. The SMILES string of the molecule is CC(C)[C@@H](NS(=O)(=O)C1(NC(=O)c2ccco2)C=CC(c2ccccc2)=CC1)C(=O)O. The van der Waals surface area contributed by atoms with Crippen LogP contribution in [0, 0.1) is 5.92 Å². The molecule has 1 aliphatic carbocycles. The molecule has 2 aromatic rings. The second kappa shape index (κ2) is 8.91. The number of carbonyl (C=O) groups is 2. The molecule has 1 aromatic carbocycles. The van der Waals surface area contributed by atoms with Gasteiger partial charge >= 0.3 is 5.97 Å². The number of carbonyl (C=O) groups excluding carboxylic acids is 1. The van der Waals surface area contributed by atoms with Crippen molar-refractivity contribution in [3.63, 3.8) is 0 Å². The molecule has 0 saturated carbocycles. The average Bonchev–Trinajstić information content (AvgIpc) is 3.28. The summed E-state index contributed by atoms with van der Waals surface area (Å²) in [5, 5.41) is 12.0. The van der Waals surface area contributed by atoms with Crippen molar-refractivity contribution in [1.82, 2.24) is 10.0 Å². The minimum atomic E-state index is -4.36. The molecule has 1 aliphatic rings. The third-order valence-electron chi connectivity index (χ3n) is 5.03. The van der Waals surface area contributed by atoms with Gasteiger partial charge in [-0.05, 0) is 35.3 Å². The van der Waals surface area contributed by atoms with Gasteiger partial charge in [0.15, 0.2) is 10.6 Å². The van der Waals surface area contributed by atoms with Crippen LogP contribution in [0.5, 0.6) is 0 Å². The van der Waals surface area contributed by atoms with Gasteiger partial charge in [0.2, 0.25) is 10.0 Å². The molecule has 0 aliphatic heterocycles. The largest absolute Gasteiger partial charge is 0.480 e. The van der Waals surface area contributed by atoms with Gasteiger partial charge in [0.25, 0.3) is 5.91 Å². The van der Waals surface area contributed by atoms with Gasteiger partial charge in [0.05, 0.1) is 6.26 Å². The second-order valence-corrected chi connectivity index (χ2v) is 9.54. The van der Waals surface area contributed by atoms with Crippen LogP contribution in [0.1, 0.15) is 36.4 Å². The van der Waals surface area contributed by atoms with E-state index in [-0.39, 0.29) is 12.2 Å². The Kier molecular flexibility index (Phi) is 6.47. The van der Waals surface area contributed by atoms with Crippen LogP contribution < -0.4 is 10.0 Å². The molecular formula is C22H24N2O6S. The van der Waals surface area contributed by atoms with Gasteiger partial charge in [-0.1, -0.05) is 56.3 Å². The van der Waals surface area contributed by atoms with Crippen molar-refractivity contribution in [3.8, 4) is 0 Å². The summed E-state index contributed by atoms with van der Waals surface area (Å²) in [6.45, 7) is 3.19. The molecule has 1 amide bonds. The summed E-state index contributed by atoms with van der Waals surface area (Å²) in [6, 6.07) is 10.9. The van der Waals surface area contributed by atoms with E-state index in [1.807, 2.05) is 30.3 Å². The summed E-state index contributed by atoms with van der Waals surface area (Å²) in [6.07, 6.45) is 5.88. The molecule has 2 atom stereocenters. The van der Waals surface area contributed by atoms with E-state index >= 15 is 0 Å². The molecule has 1 unspecified atom stereocenters. The predicted octanol–water partition coefficient (Wildman–Crippen LogP) is 2.78. The fourth-order valence-electron chi connectivity index (χ4n) is 3.23. The summed E-state index contributed by atoms with van der Waals surface area (Å²) >= 11 is 0. The van der Waals surface area contributed by atoms with E-state index in [0.717, 1.165) is 11.1 Å². The zero-order chi connectivity index (χ0) is 22.6. The predicted molar refractivity (Wildman–Crippen MR) is 115 cm³/mol. The lowest BCUT2D eigenvalue weighted by molar-refractivity contribution is -0.140. The van der Waals surface area contributed by atoms with Crippen LogP contribution in [0.2, 0.25) is 0 Å². The van der Waals surface area contributed by atoms with E-state index in [1.165, 1.54) is 24.5 Å². The first kappa shape index (κ1) is 22.5. The van der Waals surface area contributed by atoms with E-state index in [1.54, 1.807) is 26.0 Å². The number of hydrogen-bond acceptors (Lipinski definition) is 5. The summed E-state index contributed by atoms with van der Waals surface area (Å²) in [4.78, 5) is 22.4. The summed E-state index contributed by atoms with van der Waals surface area (Å²) < 4.78 is 34.1. The summed E-state index contributed by atoms with van der Waals surface area (Å²) in [7, 11) is -4.36. The lowest BCUT2D eigenvalue weighted by Crippen LogP contribution is -2.60. The number of sulfonamides is 1. The van der Waals surface area contributed by atoms with Crippen LogP contribution >= 0.6 is 0 Å². The molecule has 9 heteroatoms. The van der Waals surface area contributed by atoms with Gasteiger partial charge in [-0.25, -0.2) is 8.42 Å². The van der Waals surface area contributed by atoms with Gasteiger partial charge in [0.1, 0.15) is 6.04 Å². The van der Waals surface area contributed by atoms with Crippen LogP contribution in [0.4, 0.5) is 0 Å². The van der Waals surface area contributed by atoms with Crippen LogP contribution in [-0.2, 0) is 14.8 Å². The van der Waals surface area contributed by atoms with Crippen molar-refractivity contribution >= 4 is 27.5 Å². The van der Waals surface area contributed by atoms with Gasteiger partial charge in [-0.15, -0.1) is 0 Å². The first-order valence-electron chi connectivity index (χ1n) is 9.71. The zero-order valence-electron chi connectivity index (χ0n) is 17.1. The molecule has 0 saturated heterocycles. The molecule has 0 bridgehead atoms. The standard InChI is InChI=1S/C22H24N2O6S/c1-15(2)19(21(26)27)24-31(28,29)22(23-20(25)18-9-6-14-30-18)12-10-17(11-13-22)16-7-4-3-5-8-16/h3-12,14-15,19,24H,13H2,1-2H3,(H,23,25)(H,26,27)/t19-,22?/m1/s1. The molecule has 31 heavy (non-hydrogen) atoms. The number of carboxylic acid groups (broad SMARTS) is 1. The Morgan fingerprint density at radius 3 is 2.35 bits per heavy atom. The Morgan fingerprint density at radius 2 is 1.84 bits per heavy atom. The Labute approximate surface area is 180 Å². The number of aliphatic carboxylic acids is 1. The maximum atomic E-state index is 13.4. The minimum Gasteiger partial charge on any atom is -0.480 e. The highest BCUT2D eigenvalue weighted by molar-refractivity contribution is 7.91. The normalized spacial score (nSPS) is 19.6. The highest BCUT2D eigenvalue weighted by Gasteiger charge is 2.46. The van der Waals surface area contributed by atoms with E-state index in [4.69, 9.17) is 4.42 Å². The van der Waals surface area contributed by atoms with Gasteiger partial charge in [-0.3, -0.25) is 9.59 Å². The lowest BCUT2D eigenvalue weighted by Gasteiger charge is -2.34. The summed E-state index contributed by atoms with van der Waals surface area (Å²) in [5.74, 6) is -2.59. The maximum Gasteiger partial charge on any atom is 0.321 e. The smallest absolute Gasteiger partial charge is 0.321 e. The third-order valence-corrected chi connectivity index (χ3v) is 6.96. The monoisotopic (exact) mass is 444 g/mol.